The second-order valence-corrected chi connectivity index (χ2v) is 5.07. The summed E-state index contributed by atoms with van der Waals surface area (Å²) in [7, 11) is 3.25. The highest BCUT2D eigenvalue weighted by atomic mass is 16.5. The van der Waals surface area contributed by atoms with Crippen LogP contribution in [0, 0.1) is 0 Å². The molecule has 1 fully saturated rings. The average molecular weight is 264 g/mol. The Hall–Kier alpha value is -1.71. The van der Waals surface area contributed by atoms with Crippen molar-refractivity contribution in [2.75, 3.05) is 14.2 Å². The van der Waals surface area contributed by atoms with Crippen LogP contribution in [0.3, 0.4) is 0 Å². The molecule has 0 aromatic heterocycles. The van der Waals surface area contributed by atoms with Crippen LogP contribution in [-0.2, 0) is 16.6 Å². The van der Waals surface area contributed by atoms with E-state index in [1.165, 1.54) is 0 Å². The lowest BCUT2D eigenvalue weighted by atomic mass is 9.89. The molecule has 0 radical (unpaired) electrons. The van der Waals surface area contributed by atoms with Gasteiger partial charge in [0.2, 0.25) is 0 Å². The molecule has 0 bridgehead atoms. The highest BCUT2D eigenvalue weighted by molar-refractivity contribution is 5.71. The summed E-state index contributed by atoms with van der Waals surface area (Å²) < 4.78 is 10.8. The number of hydrogen-bond donors (Lipinski definition) is 1. The van der Waals surface area contributed by atoms with E-state index in [9.17, 15) is 4.79 Å². The van der Waals surface area contributed by atoms with Gasteiger partial charge in [-0.15, -0.1) is 0 Å². The van der Waals surface area contributed by atoms with E-state index < -0.39 is 5.97 Å². The lowest BCUT2D eigenvalue weighted by Crippen LogP contribution is -2.14. The Kier molecular flexibility index (Phi) is 3.69. The minimum absolute atomic E-state index is 0.166. The molecule has 104 valence electrons. The Morgan fingerprint density at radius 1 is 1.26 bits per heavy atom. The summed E-state index contributed by atoms with van der Waals surface area (Å²) in [6, 6.07) is 3.92. The van der Waals surface area contributed by atoms with Crippen LogP contribution in [0.1, 0.15) is 37.3 Å². The van der Waals surface area contributed by atoms with Gasteiger partial charge in [-0.25, -0.2) is 0 Å². The Balaban J connectivity index is 2.47. The number of ether oxygens (including phenoxy) is 2. The van der Waals surface area contributed by atoms with Crippen LogP contribution >= 0.6 is 0 Å². The summed E-state index contributed by atoms with van der Waals surface area (Å²) in [5, 5.41) is 9.08. The van der Waals surface area contributed by atoms with Crippen LogP contribution in [0.5, 0.6) is 11.5 Å². The first-order valence-electron chi connectivity index (χ1n) is 6.53. The Bertz CT molecular complexity index is 489. The number of carboxylic acid groups (broad SMARTS) is 1. The topological polar surface area (TPSA) is 55.8 Å². The van der Waals surface area contributed by atoms with Gasteiger partial charge in [-0.2, -0.15) is 0 Å². The van der Waals surface area contributed by atoms with Crippen molar-refractivity contribution in [1.82, 2.24) is 0 Å². The van der Waals surface area contributed by atoms with Crippen LogP contribution in [0.25, 0.3) is 0 Å². The number of hydrogen-bond acceptors (Lipinski definition) is 3. The summed E-state index contributed by atoms with van der Waals surface area (Å²) in [5.41, 5.74) is 1.86. The number of aliphatic carboxylic acids is 1. The maximum atomic E-state index is 11.0. The highest BCUT2D eigenvalue weighted by Crippen LogP contribution is 2.54. The number of methoxy groups -OCH3 is 2. The van der Waals surface area contributed by atoms with Crippen molar-refractivity contribution in [2.45, 2.75) is 38.0 Å². The third-order valence-electron chi connectivity index (χ3n) is 3.90. The quantitative estimate of drug-likeness (QED) is 0.858. The molecule has 1 aliphatic rings. The van der Waals surface area contributed by atoms with Crippen LogP contribution in [-0.4, -0.2) is 25.3 Å². The van der Waals surface area contributed by atoms with Crippen molar-refractivity contribution in [1.29, 1.82) is 0 Å². The molecule has 0 aliphatic heterocycles. The maximum absolute atomic E-state index is 11.0. The van der Waals surface area contributed by atoms with Crippen molar-refractivity contribution in [3.8, 4) is 11.5 Å². The molecule has 1 saturated carbocycles. The molecule has 0 amide bonds. The van der Waals surface area contributed by atoms with Gasteiger partial charge in [-0.05, 0) is 30.9 Å². The molecule has 1 aromatic rings. The predicted molar refractivity (Wildman–Crippen MR) is 72.1 cm³/mol. The van der Waals surface area contributed by atoms with Crippen LogP contribution in [0.4, 0.5) is 0 Å². The largest absolute Gasteiger partial charge is 0.496 e. The zero-order valence-electron chi connectivity index (χ0n) is 11.7. The number of benzene rings is 1. The first-order valence-corrected chi connectivity index (χ1v) is 6.53. The summed E-state index contributed by atoms with van der Waals surface area (Å²) >= 11 is 0. The van der Waals surface area contributed by atoms with Gasteiger partial charge in [0.25, 0.3) is 0 Å². The Morgan fingerprint density at radius 2 is 1.89 bits per heavy atom. The zero-order valence-corrected chi connectivity index (χ0v) is 11.7. The third kappa shape index (κ3) is 2.53. The van der Waals surface area contributed by atoms with E-state index in [0.717, 1.165) is 41.9 Å². The van der Waals surface area contributed by atoms with Gasteiger partial charge < -0.3 is 14.6 Å². The van der Waals surface area contributed by atoms with E-state index in [1.807, 2.05) is 12.1 Å². The maximum Gasteiger partial charge on any atom is 0.304 e. The third-order valence-corrected chi connectivity index (χ3v) is 3.90. The predicted octanol–water partition coefficient (Wildman–Crippen LogP) is 2.77. The van der Waals surface area contributed by atoms with Gasteiger partial charge >= 0.3 is 5.97 Å². The molecule has 19 heavy (non-hydrogen) atoms. The van der Waals surface area contributed by atoms with Gasteiger partial charge in [-0.1, -0.05) is 6.92 Å². The number of rotatable bonds is 6. The summed E-state index contributed by atoms with van der Waals surface area (Å²) in [6.07, 6.45) is 2.83. The molecule has 4 nitrogen and oxygen atoms in total. The van der Waals surface area contributed by atoms with Gasteiger partial charge in [0.15, 0.2) is 0 Å². The molecule has 1 aliphatic carbocycles. The minimum atomic E-state index is -0.756. The molecule has 2 rings (SSSR count). The molecule has 4 heteroatoms. The second kappa shape index (κ2) is 5.11. The standard InChI is InChI=1S/C15H20O4/c1-4-10-7-11(13(19-3)8-12(10)18-2)15(5-6-15)9-14(16)17/h7-8H,4-6,9H2,1-3H3,(H,16,17). The van der Waals surface area contributed by atoms with E-state index in [2.05, 4.69) is 6.92 Å². The van der Waals surface area contributed by atoms with E-state index >= 15 is 0 Å². The second-order valence-electron chi connectivity index (χ2n) is 5.07. The number of aryl methyl sites for hydroxylation is 1. The van der Waals surface area contributed by atoms with E-state index in [-0.39, 0.29) is 11.8 Å². The molecular weight excluding hydrogens is 244 g/mol. The Labute approximate surface area is 113 Å². The average Bonchev–Trinajstić information content (AvgIpc) is 3.16. The monoisotopic (exact) mass is 264 g/mol. The van der Waals surface area contributed by atoms with Crippen molar-refractivity contribution in [3.05, 3.63) is 23.3 Å². The first-order chi connectivity index (χ1) is 9.06. The molecule has 0 spiro atoms. The van der Waals surface area contributed by atoms with E-state index in [4.69, 9.17) is 14.6 Å². The normalized spacial score (nSPS) is 15.9. The van der Waals surface area contributed by atoms with Crippen molar-refractivity contribution in [3.63, 3.8) is 0 Å². The van der Waals surface area contributed by atoms with Crippen LogP contribution in [0.15, 0.2) is 12.1 Å². The van der Waals surface area contributed by atoms with Crippen LogP contribution in [0.2, 0.25) is 0 Å². The van der Waals surface area contributed by atoms with Crippen molar-refractivity contribution in [2.24, 2.45) is 0 Å². The van der Waals surface area contributed by atoms with Gasteiger partial charge in [0.05, 0.1) is 20.6 Å². The molecule has 0 saturated heterocycles. The van der Waals surface area contributed by atoms with E-state index in [1.54, 1.807) is 14.2 Å². The fraction of sp³-hybridized carbons (Fsp3) is 0.533. The lowest BCUT2D eigenvalue weighted by molar-refractivity contribution is -0.137. The summed E-state index contributed by atoms with van der Waals surface area (Å²) in [4.78, 5) is 11.0. The minimum Gasteiger partial charge on any atom is -0.496 e. The van der Waals surface area contributed by atoms with Gasteiger partial charge in [-0.3, -0.25) is 4.79 Å². The molecule has 0 atom stereocenters. The summed E-state index contributed by atoms with van der Waals surface area (Å²) in [6.45, 7) is 2.06. The fourth-order valence-corrected chi connectivity index (χ4v) is 2.64. The van der Waals surface area contributed by atoms with E-state index in [0.29, 0.717) is 0 Å². The smallest absolute Gasteiger partial charge is 0.304 e. The lowest BCUT2D eigenvalue weighted by Gasteiger charge is -2.20. The van der Waals surface area contributed by atoms with Gasteiger partial charge in [0.1, 0.15) is 11.5 Å². The summed E-state index contributed by atoms with van der Waals surface area (Å²) in [5.74, 6) is 0.774. The first kappa shape index (κ1) is 13.7. The van der Waals surface area contributed by atoms with Gasteiger partial charge in [0, 0.05) is 17.0 Å². The Morgan fingerprint density at radius 3 is 2.32 bits per heavy atom. The fourth-order valence-electron chi connectivity index (χ4n) is 2.64. The van der Waals surface area contributed by atoms with Crippen molar-refractivity contribution < 1.29 is 19.4 Å². The molecular formula is C15H20O4. The number of carbonyl (C=O) groups is 1. The van der Waals surface area contributed by atoms with Crippen molar-refractivity contribution >= 4 is 5.97 Å². The molecule has 0 unspecified atom stereocenters. The molecule has 1 N–H and O–H groups in total. The molecule has 1 aromatic carbocycles. The van der Waals surface area contributed by atoms with Crippen LogP contribution < -0.4 is 9.47 Å². The zero-order chi connectivity index (χ0) is 14.0. The number of carboxylic acids is 1. The highest BCUT2D eigenvalue weighted by Gasteiger charge is 2.48. The molecule has 0 heterocycles. The SMILES string of the molecule is CCc1cc(C2(CC(=O)O)CC2)c(OC)cc1OC.